The molecular formula is C14H28N2. The van der Waals surface area contributed by atoms with Gasteiger partial charge < -0.3 is 10.6 Å². The molecule has 0 aromatic heterocycles. The maximum absolute atomic E-state index is 3.86. The van der Waals surface area contributed by atoms with Crippen LogP contribution in [0.1, 0.15) is 52.4 Å². The third-order valence-electron chi connectivity index (χ3n) is 4.74. The zero-order chi connectivity index (χ0) is 11.4. The second-order valence-corrected chi connectivity index (χ2v) is 6.09. The van der Waals surface area contributed by atoms with E-state index in [4.69, 9.17) is 0 Å². The molecule has 2 N–H and O–H groups in total. The minimum atomic E-state index is 0.459. The van der Waals surface area contributed by atoms with Crippen LogP contribution in [0.4, 0.5) is 0 Å². The summed E-state index contributed by atoms with van der Waals surface area (Å²) in [6, 6.07) is 0. The third-order valence-corrected chi connectivity index (χ3v) is 4.74. The van der Waals surface area contributed by atoms with Crippen molar-refractivity contribution in [2.24, 2.45) is 11.8 Å². The number of piperidine rings is 2. The fourth-order valence-corrected chi connectivity index (χ4v) is 3.49. The van der Waals surface area contributed by atoms with Crippen LogP contribution < -0.4 is 10.6 Å². The minimum Gasteiger partial charge on any atom is -0.317 e. The molecule has 2 rings (SSSR count). The van der Waals surface area contributed by atoms with Crippen LogP contribution in [0.3, 0.4) is 0 Å². The van der Waals surface area contributed by atoms with Crippen LogP contribution in [0.5, 0.6) is 0 Å². The molecule has 0 aromatic carbocycles. The van der Waals surface area contributed by atoms with Gasteiger partial charge in [-0.2, -0.15) is 0 Å². The Labute approximate surface area is 101 Å². The van der Waals surface area contributed by atoms with Gasteiger partial charge in [0.05, 0.1) is 0 Å². The molecule has 2 aliphatic rings. The molecule has 0 aliphatic carbocycles. The van der Waals surface area contributed by atoms with Gasteiger partial charge in [0.2, 0.25) is 0 Å². The smallest absolute Gasteiger partial charge is 0.0207 e. The molecule has 94 valence electrons. The lowest BCUT2D eigenvalue weighted by atomic mass is 9.72. The summed E-state index contributed by atoms with van der Waals surface area (Å²) in [6.07, 6.45) is 8.38. The third kappa shape index (κ3) is 2.78. The first-order chi connectivity index (χ1) is 7.73. The highest BCUT2D eigenvalue weighted by atomic mass is 15.0. The molecule has 2 aliphatic heterocycles. The Hall–Kier alpha value is -0.0800. The molecule has 2 heterocycles. The van der Waals surface area contributed by atoms with E-state index in [1.165, 1.54) is 58.2 Å². The number of hydrogen-bond acceptors (Lipinski definition) is 2. The summed E-state index contributed by atoms with van der Waals surface area (Å²) in [5.74, 6) is 1.73. The van der Waals surface area contributed by atoms with E-state index >= 15 is 0 Å². The number of hydrogen-bond donors (Lipinski definition) is 2. The normalized spacial score (nSPS) is 33.2. The van der Waals surface area contributed by atoms with Gasteiger partial charge in [-0.15, -0.1) is 0 Å². The van der Waals surface area contributed by atoms with Crippen LogP contribution in [0.2, 0.25) is 0 Å². The Morgan fingerprint density at radius 2 is 1.88 bits per heavy atom. The molecule has 2 heteroatoms. The van der Waals surface area contributed by atoms with Crippen molar-refractivity contribution in [1.82, 2.24) is 10.6 Å². The Bertz CT molecular complexity index is 201. The van der Waals surface area contributed by atoms with Crippen molar-refractivity contribution in [1.29, 1.82) is 0 Å². The van der Waals surface area contributed by atoms with Gasteiger partial charge in [0.15, 0.2) is 0 Å². The van der Waals surface area contributed by atoms with Crippen molar-refractivity contribution < 1.29 is 0 Å². The summed E-state index contributed by atoms with van der Waals surface area (Å²) in [4.78, 5) is 0. The van der Waals surface area contributed by atoms with Crippen molar-refractivity contribution in [3.05, 3.63) is 0 Å². The molecule has 0 radical (unpaired) electrons. The van der Waals surface area contributed by atoms with Crippen LogP contribution >= 0.6 is 0 Å². The summed E-state index contributed by atoms with van der Waals surface area (Å²) >= 11 is 0. The summed E-state index contributed by atoms with van der Waals surface area (Å²) in [5.41, 5.74) is 0.459. The van der Waals surface area contributed by atoms with Gasteiger partial charge in [0, 0.05) is 5.54 Å². The van der Waals surface area contributed by atoms with E-state index in [0.717, 1.165) is 11.8 Å². The average Bonchev–Trinajstić information content (AvgIpc) is 2.31. The minimum absolute atomic E-state index is 0.459. The first-order valence-electron chi connectivity index (χ1n) is 7.19. The summed E-state index contributed by atoms with van der Waals surface area (Å²) < 4.78 is 0. The van der Waals surface area contributed by atoms with Crippen molar-refractivity contribution in [3.8, 4) is 0 Å². The Morgan fingerprint density at radius 1 is 1.12 bits per heavy atom. The van der Waals surface area contributed by atoms with E-state index in [1.807, 2.05) is 0 Å². The van der Waals surface area contributed by atoms with Gasteiger partial charge in [0.1, 0.15) is 0 Å². The van der Waals surface area contributed by atoms with E-state index in [-0.39, 0.29) is 0 Å². The predicted molar refractivity (Wildman–Crippen MR) is 69.6 cm³/mol. The zero-order valence-electron chi connectivity index (χ0n) is 11.0. The van der Waals surface area contributed by atoms with E-state index in [0.29, 0.717) is 5.54 Å². The Kier molecular flexibility index (Phi) is 4.26. The Morgan fingerprint density at radius 3 is 2.44 bits per heavy atom. The molecule has 1 atom stereocenters. The molecule has 0 amide bonds. The maximum Gasteiger partial charge on any atom is 0.0207 e. The molecule has 0 spiro atoms. The van der Waals surface area contributed by atoms with Crippen LogP contribution in [0.15, 0.2) is 0 Å². The monoisotopic (exact) mass is 224 g/mol. The SMILES string of the molecule is CC(C)C1(CC2CCNCC2)CCCCN1. The molecule has 0 aromatic rings. The highest BCUT2D eigenvalue weighted by Crippen LogP contribution is 2.35. The Balaban J connectivity index is 1.95. The highest BCUT2D eigenvalue weighted by Gasteiger charge is 2.36. The topological polar surface area (TPSA) is 24.1 Å². The molecule has 2 saturated heterocycles. The average molecular weight is 224 g/mol. The maximum atomic E-state index is 3.86. The summed E-state index contributed by atoms with van der Waals surface area (Å²) in [5, 5.41) is 7.33. The van der Waals surface area contributed by atoms with Gasteiger partial charge in [-0.3, -0.25) is 0 Å². The van der Waals surface area contributed by atoms with Gasteiger partial charge in [-0.1, -0.05) is 20.3 Å². The number of nitrogens with one attached hydrogen (secondary N) is 2. The molecule has 16 heavy (non-hydrogen) atoms. The van der Waals surface area contributed by atoms with E-state index < -0.39 is 0 Å². The molecule has 2 nitrogen and oxygen atoms in total. The van der Waals surface area contributed by atoms with E-state index in [9.17, 15) is 0 Å². The van der Waals surface area contributed by atoms with Crippen LogP contribution in [-0.2, 0) is 0 Å². The van der Waals surface area contributed by atoms with E-state index in [2.05, 4.69) is 24.5 Å². The lowest BCUT2D eigenvalue weighted by molar-refractivity contribution is 0.132. The van der Waals surface area contributed by atoms with E-state index in [1.54, 1.807) is 0 Å². The second-order valence-electron chi connectivity index (χ2n) is 6.09. The molecular weight excluding hydrogens is 196 g/mol. The number of rotatable bonds is 3. The van der Waals surface area contributed by atoms with Crippen LogP contribution in [0, 0.1) is 11.8 Å². The summed E-state index contributed by atoms with van der Waals surface area (Å²) in [7, 11) is 0. The van der Waals surface area contributed by atoms with Crippen LogP contribution in [-0.4, -0.2) is 25.2 Å². The second kappa shape index (κ2) is 5.50. The van der Waals surface area contributed by atoms with Crippen molar-refractivity contribution >= 4 is 0 Å². The van der Waals surface area contributed by atoms with Crippen molar-refractivity contribution in [2.45, 2.75) is 57.9 Å². The fraction of sp³-hybridized carbons (Fsp3) is 1.00. The largest absolute Gasteiger partial charge is 0.317 e. The van der Waals surface area contributed by atoms with Gasteiger partial charge in [-0.05, 0) is 63.6 Å². The fourth-order valence-electron chi connectivity index (χ4n) is 3.49. The highest BCUT2D eigenvalue weighted by molar-refractivity contribution is 4.95. The first-order valence-corrected chi connectivity index (χ1v) is 7.19. The zero-order valence-corrected chi connectivity index (χ0v) is 11.0. The molecule has 2 fully saturated rings. The van der Waals surface area contributed by atoms with Crippen molar-refractivity contribution in [2.75, 3.05) is 19.6 Å². The lowest BCUT2D eigenvalue weighted by Gasteiger charge is -2.45. The van der Waals surface area contributed by atoms with Crippen molar-refractivity contribution in [3.63, 3.8) is 0 Å². The quantitative estimate of drug-likeness (QED) is 0.770. The van der Waals surface area contributed by atoms with Gasteiger partial charge >= 0.3 is 0 Å². The molecule has 1 unspecified atom stereocenters. The van der Waals surface area contributed by atoms with Gasteiger partial charge in [-0.25, -0.2) is 0 Å². The first kappa shape index (κ1) is 12.4. The molecule has 0 bridgehead atoms. The van der Waals surface area contributed by atoms with Crippen LogP contribution in [0.25, 0.3) is 0 Å². The predicted octanol–water partition coefficient (Wildman–Crippen LogP) is 2.54. The summed E-state index contributed by atoms with van der Waals surface area (Å²) in [6.45, 7) is 8.51. The molecule has 0 saturated carbocycles. The standard InChI is InChI=1S/C14H28N2/c1-12(2)14(7-3-4-8-16-14)11-13-5-9-15-10-6-13/h12-13,15-16H,3-11H2,1-2H3. The van der Waals surface area contributed by atoms with Gasteiger partial charge in [0.25, 0.3) is 0 Å². The lowest BCUT2D eigenvalue weighted by Crippen LogP contribution is -2.54.